The summed E-state index contributed by atoms with van der Waals surface area (Å²) in [6.45, 7) is 2.01. The van der Waals surface area contributed by atoms with Gasteiger partial charge in [0.15, 0.2) is 0 Å². The molecule has 0 aromatic heterocycles. The van der Waals surface area contributed by atoms with Crippen LogP contribution in [-0.2, 0) is 25.0 Å². The number of nitrogens with zero attached hydrogens (tertiary/aromatic N) is 1. The lowest BCUT2D eigenvalue weighted by molar-refractivity contribution is -0.131. The molecule has 2 aromatic carbocycles. The van der Waals surface area contributed by atoms with E-state index in [4.69, 9.17) is 0 Å². The smallest absolute Gasteiger partial charge is 0.243 e. The Balaban J connectivity index is 1.37. The van der Waals surface area contributed by atoms with Gasteiger partial charge < -0.3 is 10.6 Å². The number of rotatable bonds is 6. The van der Waals surface area contributed by atoms with Crippen LogP contribution in [-0.4, -0.2) is 43.7 Å². The zero-order chi connectivity index (χ0) is 23.6. The first-order chi connectivity index (χ1) is 15.7. The topological polar surface area (TPSA) is 95.6 Å². The number of nitrogens with one attached hydrogen (secondary N) is 2. The molecule has 0 unspecified atom stereocenters. The third-order valence-electron chi connectivity index (χ3n) is 6.64. The van der Waals surface area contributed by atoms with Gasteiger partial charge in [0.05, 0.1) is 10.3 Å². The third kappa shape index (κ3) is 4.79. The molecule has 7 nitrogen and oxygen atoms in total. The van der Waals surface area contributed by atoms with Gasteiger partial charge in [0.2, 0.25) is 21.8 Å². The van der Waals surface area contributed by atoms with Crippen LogP contribution < -0.4 is 10.6 Å². The number of hydrogen-bond acceptors (Lipinski definition) is 4. The van der Waals surface area contributed by atoms with Crippen molar-refractivity contribution in [3.05, 3.63) is 59.9 Å². The van der Waals surface area contributed by atoms with E-state index < -0.39 is 15.4 Å². The molecule has 2 aromatic rings. The van der Waals surface area contributed by atoms with Gasteiger partial charge in [0, 0.05) is 31.7 Å². The fourth-order valence-electron chi connectivity index (χ4n) is 4.57. The standard InChI is InChI=1S/C24H28FN3O4S/c1-17(29)26-20-7-9-22(10-8-20)33(31,32)28-15-11-21(12-16-28)27-23(30)24(13-2-14-24)18-3-5-19(25)6-4-18/h3-10,21H,2,11-16H2,1H3,(H,26,29)(H,27,30). The second-order valence-electron chi connectivity index (χ2n) is 8.80. The molecule has 33 heavy (non-hydrogen) atoms. The van der Waals surface area contributed by atoms with Crippen molar-refractivity contribution in [1.82, 2.24) is 9.62 Å². The van der Waals surface area contributed by atoms with Crippen LogP contribution in [0.1, 0.15) is 44.6 Å². The van der Waals surface area contributed by atoms with E-state index in [1.165, 1.54) is 35.5 Å². The molecule has 0 radical (unpaired) electrons. The second kappa shape index (κ2) is 9.23. The van der Waals surface area contributed by atoms with Gasteiger partial charge in [0.25, 0.3) is 0 Å². The third-order valence-corrected chi connectivity index (χ3v) is 8.55. The summed E-state index contributed by atoms with van der Waals surface area (Å²) in [5, 5.41) is 5.73. The minimum absolute atomic E-state index is 0.0600. The maximum Gasteiger partial charge on any atom is 0.243 e. The molecule has 2 fully saturated rings. The zero-order valence-corrected chi connectivity index (χ0v) is 19.3. The van der Waals surface area contributed by atoms with Gasteiger partial charge in [-0.3, -0.25) is 9.59 Å². The Kier molecular flexibility index (Phi) is 6.54. The number of sulfonamides is 1. The summed E-state index contributed by atoms with van der Waals surface area (Å²) in [5.74, 6) is -0.611. The predicted octanol–water partition coefficient (Wildman–Crippen LogP) is 3.18. The molecule has 4 rings (SSSR count). The predicted molar refractivity (Wildman–Crippen MR) is 123 cm³/mol. The average Bonchev–Trinajstić information content (AvgIpc) is 2.75. The van der Waals surface area contributed by atoms with Crippen LogP contribution >= 0.6 is 0 Å². The van der Waals surface area contributed by atoms with E-state index in [1.54, 1.807) is 24.3 Å². The number of anilines is 1. The first-order valence-corrected chi connectivity index (χ1v) is 12.6. The van der Waals surface area contributed by atoms with Gasteiger partial charge in [-0.25, -0.2) is 12.8 Å². The summed E-state index contributed by atoms with van der Waals surface area (Å²) in [5.41, 5.74) is 0.747. The number of carbonyl (C=O) groups is 2. The van der Waals surface area contributed by atoms with Crippen molar-refractivity contribution in [3.63, 3.8) is 0 Å². The highest BCUT2D eigenvalue weighted by atomic mass is 32.2. The fraction of sp³-hybridized carbons (Fsp3) is 0.417. The minimum atomic E-state index is -3.66. The molecule has 1 aliphatic carbocycles. The van der Waals surface area contributed by atoms with Crippen molar-refractivity contribution in [2.75, 3.05) is 18.4 Å². The zero-order valence-electron chi connectivity index (χ0n) is 18.5. The Morgan fingerprint density at radius 2 is 1.61 bits per heavy atom. The Hall–Kier alpha value is -2.78. The van der Waals surface area contributed by atoms with Crippen molar-refractivity contribution >= 4 is 27.5 Å². The SMILES string of the molecule is CC(=O)Nc1ccc(S(=O)(=O)N2CCC(NC(=O)C3(c4ccc(F)cc4)CCC3)CC2)cc1. The van der Waals surface area contributed by atoms with Gasteiger partial charge in [-0.2, -0.15) is 4.31 Å². The Morgan fingerprint density at radius 1 is 1.00 bits per heavy atom. The lowest BCUT2D eigenvalue weighted by atomic mass is 9.63. The molecule has 1 saturated carbocycles. The average molecular weight is 474 g/mol. The van der Waals surface area contributed by atoms with Crippen LogP contribution in [0, 0.1) is 5.82 Å². The van der Waals surface area contributed by atoms with Crippen molar-refractivity contribution < 1.29 is 22.4 Å². The summed E-state index contributed by atoms with van der Waals surface area (Å²) in [4.78, 5) is 24.5. The van der Waals surface area contributed by atoms with Crippen LogP contribution in [0.4, 0.5) is 10.1 Å². The van der Waals surface area contributed by atoms with Gasteiger partial charge in [-0.1, -0.05) is 18.6 Å². The van der Waals surface area contributed by atoms with E-state index >= 15 is 0 Å². The number of piperidine rings is 1. The summed E-state index contributed by atoms with van der Waals surface area (Å²) >= 11 is 0. The molecule has 0 bridgehead atoms. The largest absolute Gasteiger partial charge is 0.352 e. The molecule has 1 aliphatic heterocycles. The van der Waals surface area contributed by atoms with Gasteiger partial charge in [-0.05, 0) is 67.6 Å². The highest BCUT2D eigenvalue weighted by Crippen LogP contribution is 2.44. The number of hydrogen-bond donors (Lipinski definition) is 2. The molecule has 2 N–H and O–H groups in total. The Bertz CT molecular complexity index is 1120. The molecule has 0 atom stereocenters. The monoisotopic (exact) mass is 473 g/mol. The summed E-state index contributed by atoms with van der Waals surface area (Å²) < 4.78 is 40.8. The highest BCUT2D eigenvalue weighted by molar-refractivity contribution is 7.89. The van der Waals surface area contributed by atoms with Crippen LogP contribution in [0.3, 0.4) is 0 Å². The van der Waals surface area contributed by atoms with E-state index in [0.717, 1.165) is 24.8 Å². The lowest BCUT2D eigenvalue weighted by Gasteiger charge is -2.42. The van der Waals surface area contributed by atoms with Crippen molar-refractivity contribution in [2.45, 2.75) is 55.4 Å². The molecule has 176 valence electrons. The van der Waals surface area contributed by atoms with Crippen molar-refractivity contribution in [2.24, 2.45) is 0 Å². The Labute approximate surface area is 193 Å². The van der Waals surface area contributed by atoms with E-state index in [1.807, 2.05) is 0 Å². The maximum absolute atomic E-state index is 13.3. The first-order valence-electron chi connectivity index (χ1n) is 11.2. The number of benzene rings is 2. The van der Waals surface area contributed by atoms with Crippen LogP contribution in [0.2, 0.25) is 0 Å². The highest BCUT2D eigenvalue weighted by Gasteiger charge is 2.46. The quantitative estimate of drug-likeness (QED) is 0.674. The maximum atomic E-state index is 13.3. The van der Waals surface area contributed by atoms with Crippen LogP contribution in [0.15, 0.2) is 53.4 Å². The van der Waals surface area contributed by atoms with Gasteiger partial charge in [0.1, 0.15) is 5.82 Å². The normalized spacial score (nSPS) is 18.8. The first kappa shape index (κ1) is 23.4. The Morgan fingerprint density at radius 3 is 2.12 bits per heavy atom. The number of halogens is 1. The van der Waals surface area contributed by atoms with E-state index in [2.05, 4.69) is 10.6 Å². The van der Waals surface area contributed by atoms with Crippen molar-refractivity contribution in [1.29, 1.82) is 0 Å². The van der Waals surface area contributed by atoms with Gasteiger partial charge >= 0.3 is 0 Å². The number of carbonyl (C=O) groups excluding carboxylic acids is 2. The molecule has 9 heteroatoms. The van der Waals surface area contributed by atoms with Crippen LogP contribution in [0.25, 0.3) is 0 Å². The molecular formula is C24H28FN3O4S. The molecule has 2 amide bonds. The molecule has 1 heterocycles. The fourth-order valence-corrected chi connectivity index (χ4v) is 6.04. The summed E-state index contributed by atoms with van der Waals surface area (Å²) in [6.07, 6.45) is 3.45. The number of amides is 2. The molecular weight excluding hydrogens is 445 g/mol. The van der Waals surface area contributed by atoms with E-state index in [0.29, 0.717) is 31.6 Å². The van der Waals surface area contributed by atoms with E-state index in [-0.39, 0.29) is 28.6 Å². The van der Waals surface area contributed by atoms with Gasteiger partial charge in [-0.15, -0.1) is 0 Å². The second-order valence-corrected chi connectivity index (χ2v) is 10.7. The summed E-state index contributed by atoms with van der Waals surface area (Å²) in [7, 11) is -3.66. The molecule has 1 saturated heterocycles. The van der Waals surface area contributed by atoms with Crippen LogP contribution in [0.5, 0.6) is 0 Å². The molecule has 0 spiro atoms. The minimum Gasteiger partial charge on any atom is -0.352 e. The summed E-state index contributed by atoms with van der Waals surface area (Å²) in [6, 6.07) is 12.1. The van der Waals surface area contributed by atoms with Crippen molar-refractivity contribution in [3.8, 4) is 0 Å². The van der Waals surface area contributed by atoms with E-state index in [9.17, 15) is 22.4 Å². The molecule has 2 aliphatic rings. The lowest BCUT2D eigenvalue weighted by Crippen LogP contribution is -2.54.